The Kier molecular flexibility index (Phi) is 28.7. The summed E-state index contributed by atoms with van der Waals surface area (Å²) in [6.45, 7) is 0. The molecule has 0 aliphatic heterocycles. The second kappa shape index (κ2) is 10.8. The van der Waals surface area contributed by atoms with E-state index in [1.165, 1.54) is 0 Å². The molecule has 0 aromatic heterocycles. The van der Waals surface area contributed by atoms with Gasteiger partial charge in [-0.3, -0.25) is 0 Å². The van der Waals surface area contributed by atoms with Gasteiger partial charge in [-0.1, -0.05) is 0 Å². The minimum absolute atomic E-state index is 0. The summed E-state index contributed by atoms with van der Waals surface area (Å²) in [5, 5.41) is 0. The van der Waals surface area contributed by atoms with Gasteiger partial charge >= 0.3 is 11.4 Å². The molecule has 0 rings (SSSR count). The third-order valence-corrected chi connectivity index (χ3v) is 0. The van der Waals surface area contributed by atoms with Gasteiger partial charge in [-0.2, -0.15) is 0 Å². The molecule has 0 aromatic rings. The smallest absolute Gasteiger partial charge is 0.214 e. The minimum Gasteiger partial charge on any atom is -0.214 e. The van der Waals surface area contributed by atoms with Crippen LogP contribution >= 0.6 is 30.1 Å². The van der Waals surface area contributed by atoms with Crippen molar-refractivity contribution in [3.05, 3.63) is 0 Å². The maximum Gasteiger partial charge on any atom is 0.643 e. The summed E-state index contributed by atoms with van der Waals surface area (Å²) in [4.78, 5) is 0. The summed E-state index contributed by atoms with van der Waals surface area (Å²) >= 11 is -1.72. The van der Waals surface area contributed by atoms with Crippen LogP contribution in [0.3, 0.4) is 0 Å². The van der Waals surface area contributed by atoms with Crippen LogP contribution in [0.2, 0.25) is 0 Å². The molecule has 2 radical (unpaired) electrons. The maximum atomic E-state index is 4.94. The van der Waals surface area contributed by atoms with E-state index in [4.69, 9.17) is 30.1 Å². The average molecular weight is 206 g/mol. The third-order valence-electron chi connectivity index (χ3n) is 0. The molecule has 0 aliphatic rings. The zero-order valence-electron chi connectivity index (χ0n) is 2.92. The van der Waals surface area contributed by atoms with E-state index in [1.807, 2.05) is 0 Å². The Bertz CT molecular complexity index is 15.5. The van der Waals surface area contributed by atoms with E-state index in [0.717, 1.165) is 0 Å². The molecule has 0 fully saturated rings. The molecule has 30 valence electrons. The van der Waals surface area contributed by atoms with E-state index in [0.29, 0.717) is 0 Å². The van der Waals surface area contributed by atoms with Gasteiger partial charge in [-0.15, -0.1) is 0 Å². The number of hydrogen-bond donors (Lipinski definition) is 0. The van der Waals surface area contributed by atoms with Crippen LogP contribution in [-0.2, 0) is 21.7 Å². The summed E-state index contributed by atoms with van der Waals surface area (Å²) in [7, 11) is 14.8. The minimum atomic E-state index is -1.72. The van der Waals surface area contributed by atoms with Crippen LogP contribution < -0.4 is 0 Å². The van der Waals surface area contributed by atoms with Gasteiger partial charge < -0.3 is 0 Å². The van der Waals surface area contributed by atoms with E-state index < -0.39 is 11.4 Å². The fourth-order valence-corrected chi connectivity index (χ4v) is 0. The van der Waals surface area contributed by atoms with Crippen LogP contribution in [0.5, 0.6) is 0 Å². The average Bonchev–Trinajstić information content (AvgIpc) is 0.811. The third kappa shape index (κ3) is 28.7. The first kappa shape index (κ1) is 15.9. The van der Waals surface area contributed by atoms with E-state index in [-0.39, 0.29) is 44.8 Å². The molecule has 0 aliphatic carbocycles. The molecule has 6 heavy (non-hydrogen) atoms. The molecule has 0 bridgehead atoms. The van der Waals surface area contributed by atoms with E-state index in [2.05, 4.69) is 0 Å². The van der Waals surface area contributed by atoms with Crippen molar-refractivity contribution >= 4 is 64.6 Å². The van der Waals surface area contributed by atoms with Crippen LogP contribution in [0, 0.1) is 0 Å². The van der Waals surface area contributed by atoms with Gasteiger partial charge in [0.25, 0.3) is 0 Å². The SMILES string of the molecule is [Cl][Al]([Cl])[Cl].[Mg].[Ti]. The standard InChI is InChI=1S/Al.3ClH.Mg.Ti/h;3*1H;;/q+3;;;;;/p-3. The van der Waals surface area contributed by atoms with Crippen LogP contribution in [0.15, 0.2) is 0 Å². The number of hydrogen-bond acceptors (Lipinski definition) is 0. The normalized spacial score (nSPS) is 4.50. The zero-order valence-corrected chi connectivity index (χ0v) is 9.32. The number of halogens is 3. The molecule has 0 saturated carbocycles. The van der Waals surface area contributed by atoms with Crippen LogP contribution in [-0.4, -0.2) is 34.4 Å². The molecule has 0 amide bonds. The molecule has 0 unspecified atom stereocenters. The summed E-state index contributed by atoms with van der Waals surface area (Å²) in [6, 6.07) is 0. The van der Waals surface area contributed by atoms with Gasteiger partial charge in [-0.05, 0) is 0 Å². The molecule has 0 N–H and O–H groups in total. The van der Waals surface area contributed by atoms with Gasteiger partial charge in [0, 0.05) is 44.8 Å². The largest absolute Gasteiger partial charge is 0.643 e. The topological polar surface area (TPSA) is 0 Å². The first-order valence-corrected chi connectivity index (χ1v) is 5.89. The van der Waals surface area contributed by atoms with Crippen molar-refractivity contribution in [1.82, 2.24) is 0 Å². The molecule has 0 aromatic carbocycles. The Morgan fingerprint density at radius 3 is 1.00 bits per heavy atom. The fourth-order valence-electron chi connectivity index (χ4n) is 0. The molecule has 0 nitrogen and oxygen atoms in total. The monoisotopic (exact) mass is 204 g/mol. The Morgan fingerprint density at radius 2 is 1.00 bits per heavy atom. The second-order valence-electron chi connectivity index (χ2n) is 0.247. The first-order chi connectivity index (χ1) is 1.73. The molecular formula is AlCl3MgTi. The molecule has 0 heterocycles. The predicted molar refractivity (Wildman–Crippen MR) is 29.1 cm³/mol. The molecule has 6 heteroatoms. The van der Waals surface area contributed by atoms with E-state index in [9.17, 15) is 0 Å². The maximum absolute atomic E-state index is 4.94. The first-order valence-electron chi connectivity index (χ1n) is 0.655. The molecule has 0 spiro atoms. The van der Waals surface area contributed by atoms with Gasteiger partial charge in [0.15, 0.2) is 0 Å². The van der Waals surface area contributed by atoms with Crippen LogP contribution in [0.4, 0.5) is 0 Å². The van der Waals surface area contributed by atoms with Gasteiger partial charge in [0.1, 0.15) is 0 Å². The Balaban J connectivity index is -0.0000000450. The van der Waals surface area contributed by atoms with Crippen molar-refractivity contribution in [3.63, 3.8) is 0 Å². The van der Waals surface area contributed by atoms with E-state index in [1.54, 1.807) is 0 Å². The summed E-state index contributed by atoms with van der Waals surface area (Å²) < 4.78 is 0. The predicted octanol–water partition coefficient (Wildman–Crippen LogP) is 1.30. The van der Waals surface area contributed by atoms with Crippen molar-refractivity contribution < 1.29 is 21.7 Å². The van der Waals surface area contributed by atoms with Crippen molar-refractivity contribution in [2.75, 3.05) is 0 Å². The Labute approximate surface area is 84.9 Å². The fraction of sp³-hybridized carbons (Fsp3) is 0. The van der Waals surface area contributed by atoms with Gasteiger partial charge in [0.2, 0.25) is 0 Å². The summed E-state index contributed by atoms with van der Waals surface area (Å²) in [6.07, 6.45) is 0. The number of rotatable bonds is 0. The summed E-state index contributed by atoms with van der Waals surface area (Å²) in [5.41, 5.74) is 0. The molecular weight excluding hydrogens is 206 g/mol. The summed E-state index contributed by atoms with van der Waals surface area (Å²) in [5.74, 6) is 0. The quantitative estimate of drug-likeness (QED) is 0.523. The van der Waals surface area contributed by atoms with Crippen LogP contribution in [0.25, 0.3) is 0 Å². The second-order valence-corrected chi connectivity index (χ2v) is 6.68. The van der Waals surface area contributed by atoms with Crippen LogP contribution in [0.1, 0.15) is 0 Å². The Hall–Kier alpha value is 2.88. The van der Waals surface area contributed by atoms with Crippen molar-refractivity contribution in [2.24, 2.45) is 0 Å². The molecule has 0 saturated heterocycles. The van der Waals surface area contributed by atoms with Gasteiger partial charge in [0.05, 0.1) is 0 Å². The Morgan fingerprint density at radius 1 is 1.00 bits per heavy atom. The van der Waals surface area contributed by atoms with E-state index >= 15 is 0 Å². The zero-order chi connectivity index (χ0) is 3.58. The van der Waals surface area contributed by atoms with Crippen molar-refractivity contribution in [2.45, 2.75) is 0 Å². The van der Waals surface area contributed by atoms with Crippen molar-refractivity contribution in [3.8, 4) is 0 Å². The van der Waals surface area contributed by atoms with Gasteiger partial charge in [-0.25, -0.2) is 30.1 Å². The van der Waals surface area contributed by atoms with Crippen molar-refractivity contribution in [1.29, 1.82) is 0 Å². The molecule has 0 atom stereocenters.